The Kier molecular flexibility index (Phi) is 5.14. The van der Waals surface area contributed by atoms with Crippen molar-refractivity contribution in [2.24, 2.45) is 0 Å². The van der Waals surface area contributed by atoms with Gasteiger partial charge >= 0.3 is 0 Å². The molecule has 2 aliphatic heterocycles. The van der Waals surface area contributed by atoms with Gasteiger partial charge in [-0.1, -0.05) is 29.3 Å². The van der Waals surface area contributed by atoms with Crippen LogP contribution in [0.3, 0.4) is 0 Å². The molecule has 3 aromatic carbocycles. The van der Waals surface area contributed by atoms with Gasteiger partial charge in [0.05, 0.1) is 16.1 Å². The minimum Gasteiger partial charge on any atom is -0.507 e. The lowest BCUT2D eigenvalue weighted by Gasteiger charge is -2.30. The largest absolute Gasteiger partial charge is 0.507 e. The fourth-order valence-electron chi connectivity index (χ4n) is 3.91. The summed E-state index contributed by atoms with van der Waals surface area (Å²) in [7, 11) is 0. The molecule has 2 unspecified atom stereocenters. The van der Waals surface area contributed by atoms with Crippen LogP contribution < -0.4 is 20.1 Å². The topological polar surface area (TPSA) is 67.3 Å². The molecule has 3 aromatic rings. The number of nitrogens with two attached hydrogens (primary N) is 1. The number of fused-ring (bicyclic) bond motifs is 1. The summed E-state index contributed by atoms with van der Waals surface area (Å²) in [6, 6.07) is 14.7. The molecule has 0 aliphatic carbocycles. The maximum atomic E-state index is 14.7. The summed E-state index contributed by atoms with van der Waals surface area (Å²) in [6.45, 7) is 0.172. The van der Waals surface area contributed by atoms with Crippen LogP contribution in [0.1, 0.15) is 28.9 Å². The summed E-state index contributed by atoms with van der Waals surface area (Å²) in [5, 5.41) is 16.5. The number of quaternary nitrogens is 1. The molecule has 5 nitrogen and oxygen atoms in total. The first kappa shape index (κ1) is 20.0. The molecule has 0 amide bonds. The number of phenolic OH excluding ortho intramolecular Hbond substituents is 1. The highest BCUT2D eigenvalue weighted by Crippen LogP contribution is 2.37. The molecule has 0 fully saturated rings. The van der Waals surface area contributed by atoms with Crippen LogP contribution in [-0.2, 0) is 0 Å². The molecule has 0 bridgehead atoms. The van der Waals surface area contributed by atoms with Crippen molar-refractivity contribution in [2.75, 3.05) is 6.79 Å². The van der Waals surface area contributed by atoms with Crippen molar-refractivity contribution in [3.63, 3.8) is 0 Å². The van der Waals surface area contributed by atoms with Crippen molar-refractivity contribution < 1.29 is 24.3 Å². The molecule has 0 saturated heterocycles. The Bertz CT molecular complexity index is 1180. The first-order valence-corrected chi connectivity index (χ1v) is 10.4. The highest BCUT2D eigenvalue weighted by molar-refractivity contribution is 6.31. The molecule has 0 spiro atoms. The Morgan fingerprint density at radius 2 is 1.87 bits per heavy atom. The van der Waals surface area contributed by atoms with Gasteiger partial charge in [0.1, 0.15) is 17.6 Å². The van der Waals surface area contributed by atoms with Gasteiger partial charge in [-0.05, 0) is 48.5 Å². The van der Waals surface area contributed by atoms with E-state index in [1.54, 1.807) is 30.3 Å². The first-order chi connectivity index (χ1) is 15.0. The molecule has 8 heteroatoms. The second-order valence-corrected chi connectivity index (χ2v) is 8.17. The number of hydrogen-bond donors (Lipinski definition) is 3. The van der Waals surface area contributed by atoms with Gasteiger partial charge in [-0.25, -0.2) is 4.39 Å². The van der Waals surface area contributed by atoms with Crippen LogP contribution in [0.4, 0.5) is 4.39 Å². The molecule has 2 atom stereocenters. The second kappa shape index (κ2) is 7.96. The van der Waals surface area contributed by atoms with E-state index < -0.39 is 12.0 Å². The number of aromatic hydroxyl groups is 1. The summed E-state index contributed by atoms with van der Waals surface area (Å²) >= 11 is 12.5. The van der Waals surface area contributed by atoms with E-state index in [4.69, 9.17) is 32.7 Å². The third-order valence-electron chi connectivity index (χ3n) is 5.40. The Morgan fingerprint density at radius 3 is 2.71 bits per heavy atom. The van der Waals surface area contributed by atoms with E-state index in [2.05, 4.69) is 5.32 Å². The number of nitrogens with one attached hydrogen (secondary N) is 1. The van der Waals surface area contributed by atoms with Gasteiger partial charge in [0.2, 0.25) is 6.79 Å². The van der Waals surface area contributed by atoms with Crippen LogP contribution in [0.15, 0.2) is 60.7 Å². The highest BCUT2D eigenvalue weighted by Gasteiger charge is 2.33. The first-order valence-electron chi connectivity index (χ1n) is 9.65. The summed E-state index contributed by atoms with van der Waals surface area (Å²) in [5.74, 6) is 0.997. The Labute approximate surface area is 188 Å². The standard InChI is InChI=1S/C23H17Cl2FN2O3/c24-13-5-6-19(29)14(9-13)18-10-17(12-4-7-20-21(8-12)31-11-30-20)27-23(28-18)22-15(25)2-1-3-16(22)26/h1-10,18,23,27-29H,11H2/p+1. The van der Waals surface area contributed by atoms with Crippen LogP contribution >= 0.6 is 23.2 Å². The minimum atomic E-state index is -0.539. The van der Waals surface area contributed by atoms with Gasteiger partial charge in [0.15, 0.2) is 17.7 Å². The zero-order chi connectivity index (χ0) is 21.5. The van der Waals surface area contributed by atoms with Gasteiger partial charge in [-0.2, -0.15) is 0 Å². The predicted molar refractivity (Wildman–Crippen MR) is 116 cm³/mol. The molecule has 4 N–H and O–H groups in total. The van der Waals surface area contributed by atoms with E-state index >= 15 is 0 Å². The van der Waals surface area contributed by atoms with Gasteiger partial charge in [0.25, 0.3) is 0 Å². The van der Waals surface area contributed by atoms with Crippen LogP contribution in [-0.4, -0.2) is 11.9 Å². The van der Waals surface area contributed by atoms with Crippen molar-refractivity contribution in [2.45, 2.75) is 12.2 Å². The molecular weight excluding hydrogens is 442 g/mol. The molecule has 0 aromatic heterocycles. The number of benzene rings is 3. The van der Waals surface area contributed by atoms with E-state index in [1.165, 1.54) is 6.07 Å². The summed E-state index contributed by atoms with van der Waals surface area (Å²) in [4.78, 5) is 0. The number of halogens is 3. The Morgan fingerprint density at radius 1 is 1.03 bits per heavy atom. The fourth-order valence-corrected chi connectivity index (χ4v) is 4.37. The van der Waals surface area contributed by atoms with Crippen LogP contribution in [0.25, 0.3) is 5.70 Å². The molecule has 158 valence electrons. The molecule has 2 aliphatic rings. The van der Waals surface area contributed by atoms with Gasteiger partial charge in [-0.15, -0.1) is 0 Å². The summed E-state index contributed by atoms with van der Waals surface area (Å²) in [6.07, 6.45) is 1.41. The van der Waals surface area contributed by atoms with Gasteiger partial charge in [0, 0.05) is 22.4 Å². The van der Waals surface area contributed by atoms with E-state index in [0.29, 0.717) is 32.7 Å². The van der Waals surface area contributed by atoms with Crippen molar-refractivity contribution in [3.05, 3.63) is 93.2 Å². The molecule has 2 heterocycles. The van der Waals surface area contributed by atoms with Crippen LogP contribution in [0.5, 0.6) is 17.2 Å². The third-order valence-corrected chi connectivity index (χ3v) is 5.96. The number of hydrogen-bond acceptors (Lipinski definition) is 4. The lowest BCUT2D eigenvalue weighted by Crippen LogP contribution is -2.90. The summed E-state index contributed by atoms with van der Waals surface area (Å²) in [5.41, 5.74) is 2.53. The number of phenols is 1. The highest BCUT2D eigenvalue weighted by atomic mass is 35.5. The molecular formula is C23H18Cl2FN2O3+. The minimum absolute atomic E-state index is 0.104. The van der Waals surface area contributed by atoms with E-state index in [-0.39, 0.29) is 18.6 Å². The Hall–Kier alpha value is -2.93. The summed E-state index contributed by atoms with van der Waals surface area (Å²) < 4.78 is 25.6. The van der Waals surface area contributed by atoms with E-state index in [1.807, 2.05) is 29.6 Å². The quantitative estimate of drug-likeness (QED) is 0.538. The fraction of sp³-hybridized carbons (Fsp3) is 0.130. The van der Waals surface area contributed by atoms with Crippen molar-refractivity contribution in [1.82, 2.24) is 5.32 Å². The van der Waals surface area contributed by atoms with E-state index in [0.717, 1.165) is 11.3 Å². The van der Waals surface area contributed by atoms with Gasteiger partial charge in [-0.3, -0.25) is 0 Å². The maximum absolute atomic E-state index is 14.7. The monoisotopic (exact) mass is 459 g/mol. The average Bonchev–Trinajstić information content (AvgIpc) is 3.23. The zero-order valence-corrected chi connectivity index (χ0v) is 17.6. The van der Waals surface area contributed by atoms with Crippen LogP contribution in [0, 0.1) is 5.82 Å². The van der Waals surface area contributed by atoms with Crippen molar-refractivity contribution in [3.8, 4) is 17.2 Å². The molecule has 31 heavy (non-hydrogen) atoms. The SMILES string of the molecule is Oc1ccc(Cl)cc1C1C=C(c2ccc3c(c2)OCO3)NC(c2c(F)cccc2Cl)[NH2+]1. The molecule has 0 saturated carbocycles. The van der Waals surface area contributed by atoms with Crippen molar-refractivity contribution in [1.29, 1.82) is 0 Å². The molecule has 0 radical (unpaired) electrons. The smallest absolute Gasteiger partial charge is 0.231 e. The van der Waals surface area contributed by atoms with Crippen LogP contribution in [0.2, 0.25) is 10.0 Å². The Balaban J connectivity index is 1.61. The van der Waals surface area contributed by atoms with E-state index in [9.17, 15) is 9.50 Å². The lowest BCUT2D eigenvalue weighted by atomic mass is 9.97. The average molecular weight is 460 g/mol. The number of rotatable bonds is 3. The normalized spacial score (nSPS) is 19.6. The second-order valence-electron chi connectivity index (χ2n) is 7.33. The van der Waals surface area contributed by atoms with Crippen molar-refractivity contribution >= 4 is 28.9 Å². The lowest BCUT2D eigenvalue weighted by molar-refractivity contribution is -0.731. The zero-order valence-electron chi connectivity index (χ0n) is 16.1. The maximum Gasteiger partial charge on any atom is 0.231 e. The number of ether oxygens (including phenoxy) is 2. The predicted octanol–water partition coefficient (Wildman–Crippen LogP) is 4.51. The van der Waals surface area contributed by atoms with Gasteiger partial charge < -0.3 is 25.2 Å². The third kappa shape index (κ3) is 3.78. The molecule has 5 rings (SSSR count).